The summed E-state index contributed by atoms with van der Waals surface area (Å²) >= 11 is 0. The van der Waals surface area contributed by atoms with Crippen molar-refractivity contribution in [2.75, 3.05) is 51.7 Å². The molecule has 9 heteroatoms. The van der Waals surface area contributed by atoms with Crippen molar-refractivity contribution in [1.29, 1.82) is 0 Å². The predicted molar refractivity (Wildman–Crippen MR) is 127 cm³/mol. The number of carbonyl (C=O) groups excluding carboxylic acids is 1. The molecule has 0 N–H and O–H groups in total. The second-order valence-electron chi connectivity index (χ2n) is 8.27. The summed E-state index contributed by atoms with van der Waals surface area (Å²) in [6, 6.07) is 13.3. The predicted octanol–water partition coefficient (Wildman–Crippen LogP) is 2.57. The van der Waals surface area contributed by atoms with Crippen molar-refractivity contribution in [3.63, 3.8) is 0 Å². The third kappa shape index (κ3) is 8.26. The Kier molecular flexibility index (Phi) is 9.93. The molecule has 1 aromatic heterocycles. The van der Waals surface area contributed by atoms with Crippen molar-refractivity contribution in [1.82, 2.24) is 14.1 Å². The summed E-state index contributed by atoms with van der Waals surface area (Å²) < 4.78 is 38.4. The molecule has 0 unspecified atom stereocenters. The Morgan fingerprint density at radius 3 is 2.48 bits per heavy atom. The number of unbranched alkanes of at least 4 members (excludes halogenated alkanes) is 1. The lowest BCUT2D eigenvalue weighted by Gasteiger charge is -2.31. The molecule has 0 bridgehead atoms. The molecule has 0 radical (unpaired) electrons. The zero-order chi connectivity index (χ0) is 23.5. The van der Waals surface area contributed by atoms with Gasteiger partial charge in [-0.3, -0.25) is 9.69 Å². The molecule has 2 heterocycles. The van der Waals surface area contributed by atoms with Gasteiger partial charge in [0, 0.05) is 32.7 Å². The Morgan fingerprint density at radius 1 is 1.06 bits per heavy atom. The Morgan fingerprint density at radius 2 is 1.82 bits per heavy atom. The molecule has 1 amide bonds. The summed E-state index contributed by atoms with van der Waals surface area (Å²) in [6.07, 6.45) is 2.93. The monoisotopic (exact) mass is 477 g/mol. The number of hydrogen-bond donors (Lipinski definition) is 0. The fraction of sp³-hybridized carbons (Fsp3) is 0.542. The second kappa shape index (κ2) is 12.9. The number of benzene rings is 1. The fourth-order valence-corrected chi connectivity index (χ4v) is 5.31. The van der Waals surface area contributed by atoms with Crippen LogP contribution in [0, 0.1) is 0 Å². The maximum atomic E-state index is 13.4. The van der Waals surface area contributed by atoms with Crippen LogP contribution in [0.5, 0.6) is 0 Å². The molecule has 182 valence electrons. The molecule has 0 aliphatic carbocycles. The van der Waals surface area contributed by atoms with Crippen LogP contribution in [0.1, 0.15) is 31.1 Å². The Bertz CT molecular complexity index is 928. The Labute approximate surface area is 197 Å². The van der Waals surface area contributed by atoms with Crippen LogP contribution in [0.4, 0.5) is 0 Å². The van der Waals surface area contributed by atoms with Crippen LogP contribution >= 0.6 is 0 Å². The van der Waals surface area contributed by atoms with Crippen LogP contribution in [-0.4, -0.2) is 80.1 Å². The lowest BCUT2D eigenvalue weighted by atomic mass is 10.2. The van der Waals surface area contributed by atoms with Gasteiger partial charge in [-0.2, -0.15) is 4.31 Å². The van der Waals surface area contributed by atoms with E-state index in [9.17, 15) is 13.2 Å². The summed E-state index contributed by atoms with van der Waals surface area (Å²) in [5, 5.41) is 0. The lowest BCUT2D eigenvalue weighted by molar-refractivity contribution is -0.133. The summed E-state index contributed by atoms with van der Waals surface area (Å²) in [4.78, 5) is 17.2. The highest BCUT2D eigenvalue weighted by atomic mass is 32.2. The summed E-state index contributed by atoms with van der Waals surface area (Å²) in [5.74, 6) is 0.474. The van der Waals surface area contributed by atoms with Gasteiger partial charge in [-0.15, -0.1) is 0 Å². The zero-order valence-corrected chi connectivity index (χ0v) is 20.2. The van der Waals surface area contributed by atoms with E-state index in [-0.39, 0.29) is 31.3 Å². The third-order valence-electron chi connectivity index (χ3n) is 5.73. The first-order chi connectivity index (χ1) is 16.0. The average Bonchev–Trinajstić information content (AvgIpc) is 3.34. The van der Waals surface area contributed by atoms with Crippen LogP contribution in [0.15, 0.2) is 53.1 Å². The van der Waals surface area contributed by atoms with Gasteiger partial charge in [0.05, 0.1) is 38.3 Å². The smallest absolute Gasteiger partial charge is 0.238 e. The second-order valence-corrected chi connectivity index (χ2v) is 10.4. The first kappa shape index (κ1) is 25.4. The molecule has 0 saturated carbocycles. The normalized spacial score (nSPS) is 15.1. The SMILES string of the molecule is CCCCS(=O)(=O)N(CCN1CCOCC1)CC(=O)N(Cc1ccccc1)Cc1ccco1. The van der Waals surface area contributed by atoms with Crippen molar-refractivity contribution in [3.05, 3.63) is 60.1 Å². The van der Waals surface area contributed by atoms with Gasteiger partial charge >= 0.3 is 0 Å². The number of hydrogen-bond acceptors (Lipinski definition) is 6. The molecule has 1 saturated heterocycles. The zero-order valence-electron chi connectivity index (χ0n) is 19.4. The van der Waals surface area contributed by atoms with Crippen LogP contribution in [0.25, 0.3) is 0 Å². The number of sulfonamides is 1. The van der Waals surface area contributed by atoms with Crippen LogP contribution in [0.2, 0.25) is 0 Å². The largest absolute Gasteiger partial charge is 0.467 e. The first-order valence-electron chi connectivity index (χ1n) is 11.6. The molecule has 1 fully saturated rings. The van der Waals surface area contributed by atoms with Crippen molar-refractivity contribution < 1.29 is 22.4 Å². The quantitative estimate of drug-likeness (QED) is 0.441. The summed E-state index contributed by atoms with van der Waals surface area (Å²) in [6.45, 7) is 6.17. The Hall–Kier alpha value is -2.20. The number of rotatable bonds is 13. The van der Waals surface area contributed by atoms with Gasteiger partial charge in [0.2, 0.25) is 15.9 Å². The molecule has 1 aromatic carbocycles. The van der Waals surface area contributed by atoms with Crippen molar-refractivity contribution >= 4 is 15.9 Å². The maximum absolute atomic E-state index is 13.4. The van der Waals surface area contributed by atoms with Gasteiger partial charge < -0.3 is 14.1 Å². The van der Waals surface area contributed by atoms with Gasteiger partial charge in [-0.25, -0.2) is 8.42 Å². The first-order valence-corrected chi connectivity index (χ1v) is 13.2. The van der Waals surface area contributed by atoms with Crippen LogP contribution < -0.4 is 0 Å². The number of nitrogens with zero attached hydrogens (tertiary/aromatic N) is 3. The van der Waals surface area contributed by atoms with E-state index in [1.165, 1.54) is 4.31 Å². The average molecular weight is 478 g/mol. The molecular formula is C24H35N3O5S. The van der Waals surface area contributed by atoms with Crippen LogP contribution in [0.3, 0.4) is 0 Å². The molecule has 3 rings (SSSR count). The van der Waals surface area contributed by atoms with Gasteiger partial charge in [0.15, 0.2) is 0 Å². The van der Waals surface area contributed by atoms with Gasteiger partial charge in [0.25, 0.3) is 0 Å². The highest BCUT2D eigenvalue weighted by Crippen LogP contribution is 2.14. The van der Waals surface area contributed by atoms with Gasteiger partial charge in [-0.1, -0.05) is 43.7 Å². The highest BCUT2D eigenvalue weighted by molar-refractivity contribution is 7.89. The third-order valence-corrected chi connectivity index (χ3v) is 7.63. The molecule has 33 heavy (non-hydrogen) atoms. The molecular weight excluding hydrogens is 442 g/mol. The summed E-state index contributed by atoms with van der Waals surface area (Å²) in [5.41, 5.74) is 0.978. The van der Waals surface area contributed by atoms with Gasteiger partial charge in [0.1, 0.15) is 5.76 Å². The number of furan rings is 1. The number of amides is 1. The maximum Gasteiger partial charge on any atom is 0.238 e. The fourth-order valence-electron chi connectivity index (χ4n) is 3.73. The summed E-state index contributed by atoms with van der Waals surface area (Å²) in [7, 11) is -3.54. The van der Waals surface area contributed by atoms with E-state index in [1.807, 2.05) is 43.3 Å². The lowest BCUT2D eigenvalue weighted by Crippen LogP contribution is -2.47. The van der Waals surface area contributed by atoms with E-state index in [1.54, 1.807) is 17.2 Å². The molecule has 8 nitrogen and oxygen atoms in total. The topological polar surface area (TPSA) is 83.3 Å². The number of morpholine rings is 1. The van der Waals surface area contributed by atoms with E-state index in [2.05, 4.69) is 4.90 Å². The minimum Gasteiger partial charge on any atom is -0.467 e. The van der Waals surface area contributed by atoms with Crippen LogP contribution in [-0.2, 0) is 32.6 Å². The standard InChI is InChI=1S/C24H35N3O5S/c1-2-3-18-33(29,30)27(12-11-25-13-16-31-17-14-25)21-24(28)26(20-23-10-7-15-32-23)19-22-8-5-4-6-9-22/h4-10,15H,2-3,11-14,16-21H2,1H3. The molecule has 0 atom stereocenters. The van der Waals surface area contributed by atoms with E-state index >= 15 is 0 Å². The van der Waals surface area contributed by atoms with E-state index in [0.29, 0.717) is 38.5 Å². The van der Waals surface area contributed by atoms with E-state index in [4.69, 9.17) is 9.15 Å². The molecule has 0 spiro atoms. The molecule has 1 aliphatic rings. The van der Waals surface area contributed by atoms with E-state index in [0.717, 1.165) is 25.1 Å². The number of carbonyl (C=O) groups is 1. The highest BCUT2D eigenvalue weighted by Gasteiger charge is 2.27. The molecule has 2 aromatic rings. The molecule has 1 aliphatic heterocycles. The van der Waals surface area contributed by atoms with Crippen molar-refractivity contribution in [2.45, 2.75) is 32.9 Å². The van der Waals surface area contributed by atoms with E-state index < -0.39 is 10.0 Å². The number of ether oxygens (including phenoxy) is 1. The minimum absolute atomic E-state index is 0.0523. The van der Waals surface area contributed by atoms with Crippen molar-refractivity contribution in [3.8, 4) is 0 Å². The van der Waals surface area contributed by atoms with Crippen molar-refractivity contribution in [2.24, 2.45) is 0 Å². The Balaban J connectivity index is 1.73. The minimum atomic E-state index is -3.54. The van der Waals surface area contributed by atoms with Gasteiger partial charge in [-0.05, 0) is 24.1 Å².